The summed E-state index contributed by atoms with van der Waals surface area (Å²) >= 11 is 4.72. The first-order valence-corrected chi connectivity index (χ1v) is 5.80. The molecule has 5 heteroatoms. The van der Waals surface area contributed by atoms with Crippen LogP contribution in [0.25, 0.3) is 0 Å². The Bertz CT molecular complexity index is 484. The molecular formula is C10H6BrF2NS. The summed E-state index contributed by atoms with van der Waals surface area (Å²) in [6.07, 6.45) is 2.06. The van der Waals surface area contributed by atoms with Crippen molar-refractivity contribution in [2.75, 3.05) is 0 Å². The number of nitrogens with zero attached hydrogens (tertiary/aromatic N) is 1. The fourth-order valence-corrected chi connectivity index (χ4v) is 2.52. The summed E-state index contributed by atoms with van der Waals surface area (Å²) in [7, 11) is 0. The predicted molar refractivity (Wildman–Crippen MR) is 59.0 cm³/mol. The molecule has 15 heavy (non-hydrogen) atoms. The summed E-state index contributed by atoms with van der Waals surface area (Å²) in [5.74, 6) is -1.09. The molecular weight excluding hydrogens is 284 g/mol. The Balaban J connectivity index is 2.24. The standard InChI is InChI=1S/C10H6BrF2NS/c11-9-5-14-10(15-9)3-6-1-2-7(12)4-8(6)13/h1-2,4-5H,3H2. The SMILES string of the molecule is Fc1ccc(Cc2ncc(Br)s2)c(F)c1. The monoisotopic (exact) mass is 289 g/mol. The molecule has 1 nitrogen and oxygen atoms in total. The molecule has 0 aliphatic rings. The number of hydrogen-bond acceptors (Lipinski definition) is 2. The summed E-state index contributed by atoms with van der Waals surface area (Å²) < 4.78 is 26.8. The Morgan fingerprint density at radius 1 is 1.33 bits per heavy atom. The lowest BCUT2D eigenvalue weighted by Crippen LogP contribution is -1.92. The molecule has 0 N–H and O–H groups in total. The van der Waals surface area contributed by atoms with Crippen LogP contribution in [0, 0.1) is 11.6 Å². The zero-order chi connectivity index (χ0) is 10.8. The van der Waals surface area contributed by atoms with Crippen molar-refractivity contribution >= 4 is 27.3 Å². The average Bonchev–Trinajstić information content (AvgIpc) is 2.56. The zero-order valence-corrected chi connectivity index (χ0v) is 9.91. The van der Waals surface area contributed by atoms with Crippen molar-refractivity contribution in [3.63, 3.8) is 0 Å². The van der Waals surface area contributed by atoms with Crippen molar-refractivity contribution in [3.8, 4) is 0 Å². The molecule has 0 saturated carbocycles. The third-order valence-corrected chi connectivity index (χ3v) is 3.36. The molecule has 0 unspecified atom stereocenters. The highest BCUT2D eigenvalue weighted by atomic mass is 79.9. The largest absolute Gasteiger partial charge is 0.248 e. The summed E-state index contributed by atoms with van der Waals surface area (Å²) in [5.41, 5.74) is 0.457. The normalized spacial score (nSPS) is 10.6. The van der Waals surface area contributed by atoms with Crippen LogP contribution >= 0.6 is 27.3 Å². The molecule has 0 saturated heterocycles. The van der Waals surface area contributed by atoms with Crippen LogP contribution < -0.4 is 0 Å². The van der Waals surface area contributed by atoms with E-state index in [1.807, 2.05) is 0 Å². The number of rotatable bonds is 2. The van der Waals surface area contributed by atoms with Crippen molar-refractivity contribution in [2.45, 2.75) is 6.42 Å². The molecule has 0 atom stereocenters. The van der Waals surface area contributed by atoms with Gasteiger partial charge in [-0.25, -0.2) is 13.8 Å². The molecule has 0 aliphatic carbocycles. The molecule has 2 aromatic rings. The van der Waals surface area contributed by atoms with E-state index in [9.17, 15) is 8.78 Å². The fraction of sp³-hybridized carbons (Fsp3) is 0.100. The Kier molecular flexibility index (Phi) is 3.11. The average molecular weight is 290 g/mol. The van der Waals surface area contributed by atoms with Gasteiger partial charge in [0.15, 0.2) is 0 Å². The Morgan fingerprint density at radius 3 is 2.73 bits per heavy atom. The van der Waals surface area contributed by atoms with E-state index in [1.54, 1.807) is 6.20 Å². The maximum absolute atomic E-state index is 13.3. The second-order valence-corrected chi connectivity index (χ2v) is 5.47. The lowest BCUT2D eigenvalue weighted by atomic mass is 10.1. The zero-order valence-electron chi connectivity index (χ0n) is 7.51. The number of thiazole rings is 1. The van der Waals surface area contributed by atoms with Gasteiger partial charge in [0.2, 0.25) is 0 Å². The number of halogens is 3. The topological polar surface area (TPSA) is 12.9 Å². The van der Waals surface area contributed by atoms with Gasteiger partial charge in [-0.3, -0.25) is 0 Å². The van der Waals surface area contributed by atoms with Crippen molar-refractivity contribution in [2.24, 2.45) is 0 Å². The second kappa shape index (κ2) is 4.37. The Morgan fingerprint density at radius 2 is 2.13 bits per heavy atom. The first-order valence-electron chi connectivity index (χ1n) is 4.19. The molecule has 1 aromatic heterocycles. The van der Waals surface area contributed by atoms with Gasteiger partial charge in [-0.2, -0.15) is 0 Å². The van der Waals surface area contributed by atoms with Crippen molar-refractivity contribution in [1.29, 1.82) is 0 Å². The number of hydrogen-bond donors (Lipinski definition) is 0. The third kappa shape index (κ3) is 2.60. The van der Waals surface area contributed by atoms with E-state index in [0.717, 1.165) is 14.9 Å². The summed E-state index contributed by atoms with van der Waals surface area (Å²) in [6, 6.07) is 3.58. The molecule has 0 bridgehead atoms. The van der Waals surface area contributed by atoms with E-state index in [4.69, 9.17) is 0 Å². The van der Waals surface area contributed by atoms with Crippen LogP contribution in [0.2, 0.25) is 0 Å². The molecule has 0 amide bonds. The predicted octanol–water partition coefficient (Wildman–Crippen LogP) is 3.77. The highest BCUT2D eigenvalue weighted by Crippen LogP contribution is 2.22. The van der Waals surface area contributed by atoms with Gasteiger partial charge < -0.3 is 0 Å². The first-order chi connectivity index (χ1) is 7.15. The van der Waals surface area contributed by atoms with Crippen molar-refractivity contribution in [3.05, 3.63) is 50.4 Å². The van der Waals surface area contributed by atoms with Crippen LogP contribution in [-0.2, 0) is 6.42 Å². The third-order valence-electron chi connectivity index (χ3n) is 1.88. The van der Waals surface area contributed by atoms with Gasteiger partial charge in [0.05, 0.1) is 15.0 Å². The lowest BCUT2D eigenvalue weighted by molar-refractivity contribution is 0.574. The van der Waals surface area contributed by atoms with Crippen LogP contribution in [0.4, 0.5) is 8.78 Å². The quantitative estimate of drug-likeness (QED) is 0.820. The molecule has 0 spiro atoms. The maximum Gasteiger partial charge on any atom is 0.129 e. The van der Waals surface area contributed by atoms with Gasteiger partial charge in [-0.15, -0.1) is 11.3 Å². The molecule has 1 aromatic carbocycles. The van der Waals surface area contributed by atoms with E-state index < -0.39 is 11.6 Å². The van der Waals surface area contributed by atoms with Gasteiger partial charge in [0.25, 0.3) is 0 Å². The maximum atomic E-state index is 13.3. The van der Waals surface area contributed by atoms with Gasteiger partial charge >= 0.3 is 0 Å². The molecule has 0 fully saturated rings. The minimum atomic E-state index is -0.559. The van der Waals surface area contributed by atoms with Gasteiger partial charge in [-0.1, -0.05) is 6.07 Å². The second-order valence-electron chi connectivity index (χ2n) is 2.97. The lowest BCUT2D eigenvalue weighted by Gasteiger charge is -1.99. The van der Waals surface area contributed by atoms with Crippen molar-refractivity contribution < 1.29 is 8.78 Å². The molecule has 0 radical (unpaired) electrons. The summed E-state index contributed by atoms with van der Waals surface area (Å²) in [5, 5.41) is 0.799. The molecule has 1 heterocycles. The smallest absolute Gasteiger partial charge is 0.129 e. The first kappa shape index (κ1) is 10.7. The Hall–Kier alpha value is -0.810. The van der Waals surface area contributed by atoms with Gasteiger partial charge in [-0.05, 0) is 27.6 Å². The van der Waals surface area contributed by atoms with E-state index in [-0.39, 0.29) is 0 Å². The van der Waals surface area contributed by atoms with E-state index in [0.29, 0.717) is 12.0 Å². The van der Waals surface area contributed by atoms with E-state index >= 15 is 0 Å². The highest BCUT2D eigenvalue weighted by Gasteiger charge is 2.07. The summed E-state index contributed by atoms with van der Waals surface area (Å²) in [6.45, 7) is 0. The van der Waals surface area contributed by atoms with Crippen LogP contribution in [0.5, 0.6) is 0 Å². The summed E-state index contributed by atoms with van der Waals surface area (Å²) in [4.78, 5) is 4.09. The Labute approximate surface area is 97.9 Å². The highest BCUT2D eigenvalue weighted by molar-refractivity contribution is 9.11. The van der Waals surface area contributed by atoms with Crippen LogP contribution in [0.3, 0.4) is 0 Å². The minimum Gasteiger partial charge on any atom is -0.248 e. The molecule has 0 aliphatic heterocycles. The minimum absolute atomic E-state index is 0.391. The molecule has 78 valence electrons. The van der Waals surface area contributed by atoms with Crippen LogP contribution in [0.1, 0.15) is 10.6 Å². The van der Waals surface area contributed by atoms with E-state index in [2.05, 4.69) is 20.9 Å². The van der Waals surface area contributed by atoms with Crippen LogP contribution in [-0.4, -0.2) is 4.98 Å². The molecule has 2 rings (SSSR count). The van der Waals surface area contributed by atoms with Crippen molar-refractivity contribution in [1.82, 2.24) is 4.98 Å². The number of benzene rings is 1. The fourth-order valence-electron chi connectivity index (χ4n) is 1.20. The number of aromatic nitrogens is 1. The van der Waals surface area contributed by atoms with Gasteiger partial charge in [0.1, 0.15) is 11.6 Å². The van der Waals surface area contributed by atoms with Crippen LogP contribution in [0.15, 0.2) is 28.2 Å². The van der Waals surface area contributed by atoms with Gasteiger partial charge in [0, 0.05) is 12.5 Å². The van der Waals surface area contributed by atoms with E-state index in [1.165, 1.54) is 23.5 Å².